The van der Waals surface area contributed by atoms with Crippen molar-refractivity contribution >= 4 is 23.2 Å². The highest BCUT2D eigenvalue weighted by atomic mass is 35.5. The lowest BCUT2D eigenvalue weighted by molar-refractivity contribution is -0.119. The molecule has 0 unspecified atom stereocenters. The van der Waals surface area contributed by atoms with E-state index in [4.69, 9.17) is 11.6 Å². The van der Waals surface area contributed by atoms with Crippen LogP contribution in [-0.4, -0.2) is 15.7 Å². The molecule has 1 atom stereocenters. The van der Waals surface area contributed by atoms with Crippen LogP contribution in [-0.2, 0) is 11.3 Å². The maximum Gasteiger partial charge on any atom is 0.227 e. The van der Waals surface area contributed by atoms with E-state index >= 15 is 0 Å². The van der Waals surface area contributed by atoms with Crippen molar-refractivity contribution in [2.75, 3.05) is 5.32 Å². The Morgan fingerprint density at radius 2 is 2.29 bits per heavy atom. The smallest absolute Gasteiger partial charge is 0.227 e. The van der Waals surface area contributed by atoms with Gasteiger partial charge in [0.1, 0.15) is 5.82 Å². The molecule has 0 radical (unpaired) electrons. The first-order valence-corrected chi connectivity index (χ1v) is 7.14. The van der Waals surface area contributed by atoms with E-state index in [-0.39, 0.29) is 17.6 Å². The van der Waals surface area contributed by atoms with Crippen LogP contribution in [0.25, 0.3) is 0 Å². The van der Waals surface area contributed by atoms with Crippen LogP contribution in [0.15, 0.2) is 30.6 Å². The number of hydrogen-bond acceptors (Lipinski definition) is 2. The molecule has 112 valence electrons. The quantitative estimate of drug-likeness (QED) is 0.915. The minimum Gasteiger partial charge on any atom is -0.323 e. The van der Waals surface area contributed by atoms with E-state index in [0.29, 0.717) is 17.3 Å². The van der Waals surface area contributed by atoms with Crippen LogP contribution in [0.1, 0.15) is 25.8 Å². The topological polar surface area (TPSA) is 46.9 Å². The van der Waals surface area contributed by atoms with Crippen molar-refractivity contribution in [3.63, 3.8) is 0 Å². The number of nitrogens with one attached hydrogen (secondary N) is 1. The van der Waals surface area contributed by atoms with Crippen molar-refractivity contribution in [1.29, 1.82) is 0 Å². The second kappa shape index (κ2) is 6.72. The standard InChI is InChI=1S/C15H17ClFN3O/c1-3-10(2)15(21)19-13-7-18-20(9-13)8-11-4-5-12(17)6-14(11)16/h4-7,9-10H,3,8H2,1-2H3,(H,19,21)/t10-/m1/s1. The molecule has 21 heavy (non-hydrogen) atoms. The number of nitrogens with zero attached hydrogens (tertiary/aromatic N) is 2. The molecule has 2 rings (SSSR count). The van der Waals surface area contributed by atoms with Gasteiger partial charge < -0.3 is 5.32 Å². The Balaban J connectivity index is 2.05. The molecule has 1 amide bonds. The average Bonchev–Trinajstić information content (AvgIpc) is 2.88. The Morgan fingerprint density at radius 1 is 1.52 bits per heavy atom. The lowest BCUT2D eigenvalue weighted by atomic mass is 10.1. The molecule has 0 saturated heterocycles. The lowest BCUT2D eigenvalue weighted by Crippen LogP contribution is -2.19. The van der Waals surface area contributed by atoms with Crippen LogP contribution in [0.4, 0.5) is 10.1 Å². The first kappa shape index (κ1) is 15.5. The van der Waals surface area contributed by atoms with Crippen molar-refractivity contribution in [1.82, 2.24) is 9.78 Å². The van der Waals surface area contributed by atoms with Gasteiger partial charge in [-0.05, 0) is 24.1 Å². The molecule has 0 bridgehead atoms. The van der Waals surface area contributed by atoms with Gasteiger partial charge in [0.15, 0.2) is 0 Å². The number of carbonyl (C=O) groups is 1. The number of carbonyl (C=O) groups excluding carboxylic acids is 1. The minimum atomic E-state index is -0.370. The van der Waals surface area contributed by atoms with Gasteiger partial charge in [-0.3, -0.25) is 9.48 Å². The molecular weight excluding hydrogens is 293 g/mol. The van der Waals surface area contributed by atoms with Crippen molar-refractivity contribution in [3.8, 4) is 0 Å². The zero-order valence-corrected chi connectivity index (χ0v) is 12.7. The molecule has 0 aliphatic heterocycles. The Hall–Kier alpha value is -1.88. The van der Waals surface area contributed by atoms with Crippen molar-refractivity contribution < 1.29 is 9.18 Å². The molecule has 0 fully saturated rings. The first-order valence-electron chi connectivity index (χ1n) is 6.77. The predicted octanol–water partition coefficient (Wildman–Crippen LogP) is 3.71. The van der Waals surface area contributed by atoms with Gasteiger partial charge in [0, 0.05) is 17.1 Å². The molecule has 0 saturated carbocycles. The third-order valence-corrected chi connectivity index (χ3v) is 3.66. The summed E-state index contributed by atoms with van der Waals surface area (Å²) in [6.07, 6.45) is 4.09. The van der Waals surface area contributed by atoms with Crippen LogP contribution in [0.2, 0.25) is 5.02 Å². The predicted molar refractivity (Wildman–Crippen MR) is 80.8 cm³/mol. The number of benzene rings is 1. The summed E-state index contributed by atoms with van der Waals surface area (Å²) < 4.78 is 14.6. The second-order valence-electron chi connectivity index (χ2n) is 4.96. The monoisotopic (exact) mass is 309 g/mol. The van der Waals surface area contributed by atoms with Gasteiger partial charge in [0.25, 0.3) is 0 Å². The van der Waals surface area contributed by atoms with Gasteiger partial charge in [0.05, 0.1) is 18.4 Å². The fourth-order valence-corrected chi connectivity index (χ4v) is 2.02. The summed E-state index contributed by atoms with van der Waals surface area (Å²) in [5, 5.41) is 7.33. The molecule has 6 heteroatoms. The number of halogens is 2. The van der Waals surface area contributed by atoms with E-state index in [1.807, 2.05) is 13.8 Å². The van der Waals surface area contributed by atoms with Crippen LogP contribution in [0.3, 0.4) is 0 Å². The zero-order chi connectivity index (χ0) is 15.4. The summed E-state index contributed by atoms with van der Waals surface area (Å²) >= 11 is 5.98. The lowest BCUT2D eigenvalue weighted by Gasteiger charge is -2.07. The largest absolute Gasteiger partial charge is 0.323 e. The van der Waals surface area contributed by atoms with E-state index in [2.05, 4.69) is 10.4 Å². The Labute approximate surface area is 127 Å². The van der Waals surface area contributed by atoms with Gasteiger partial charge in [-0.1, -0.05) is 31.5 Å². The molecule has 4 nitrogen and oxygen atoms in total. The van der Waals surface area contributed by atoms with E-state index in [1.165, 1.54) is 12.1 Å². The number of aromatic nitrogens is 2. The molecule has 1 aromatic heterocycles. The summed E-state index contributed by atoms with van der Waals surface area (Å²) in [6.45, 7) is 4.25. The zero-order valence-electron chi connectivity index (χ0n) is 11.9. The molecule has 1 heterocycles. The summed E-state index contributed by atoms with van der Waals surface area (Å²) in [5.41, 5.74) is 1.40. The number of rotatable bonds is 5. The normalized spacial score (nSPS) is 12.2. The number of hydrogen-bond donors (Lipinski definition) is 1. The molecule has 0 aliphatic rings. The van der Waals surface area contributed by atoms with Gasteiger partial charge in [-0.25, -0.2) is 4.39 Å². The molecule has 0 spiro atoms. The maximum atomic E-state index is 13.0. The van der Waals surface area contributed by atoms with Gasteiger partial charge in [-0.15, -0.1) is 0 Å². The highest BCUT2D eigenvalue weighted by Crippen LogP contribution is 2.19. The molecule has 1 N–H and O–H groups in total. The average molecular weight is 310 g/mol. The van der Waals surface area contributed by atoms with Crippen molar-refractivity contribution in [2.24, 2.45) is 5.92 Å². The highest BCUT2D eigenvalue weighted by Gasteiger charge is 2.11. The van der Waals surface area contributed by atoms with Crippen LogP contribution in [0.5, 0.6) is 0 Å². The summed E-state index contributed by atoms with van der Waals surface area (Å²) in [4.78, 5) is 11.8. The summed E-state index contributed by atoms with van der Waals surface area (Å²) in [6, 6.07) is 4.25. The van der Waals surface area contributed by atoms with Gasteiger partial charge in [0.2, 0.25) is 5.91 Å². The molecular formula is C15H17ClFN3O. The third kappa shape index (κ3) is 4.04. The van der Waals surface area contributed by atoms with Crippen molar-refractivity contribution in [3.05, 3.63) is 47.0 Å². The Morgan fingerprint density at radius 3 is 2.95 bits per heavy atom. The maximum absolute atomic E-state index is 13.0. The van der Waals surface area contributed by atoms with Gasteiger partial charge in [-0.2, -0.15) is 5.10 Å². The van der Waals surface area contributed by atoms with E-state index in [0.717, 1.165) is 12.0 Å². The fraction of sp³-hybridized carbons (Fsp3) is 0.333. The second-order valence-corrected chi connectivity index (χ2v) is 5.37. The minimum absolute atomic E-state index is 0.0307. The Bertz CT molecular complexity index is 642. The number of anilines is 1. The summed E-state index contributed by atoms with van der Waals surface area (Å²) in [7, 11) is 0. The highest BCUT2D eigenvalue weighted by molar-refractivity contribution is 6.31. The van der Waals surface area contributed by atoms with E-state index < -0.39 is 0 Å². The SMILES string of the molecule is CC[C@@H](C)C(=O)Nc1cnn(Cc2ccc(F)cc2Cl)c1. The van der Waals surface area contributed by atoms with E-state index in [1.54, 1.807) is 23.1 Å². The van der Waals surface area contributed by atoms with Crippen LogP contribution >= 0.6 is 11.6 Å². The third-order valence-electron chi connectivity index (χ3n) is 3.31. The molecule has 1 aromatic carbocycles. The number of amides is 1. The van der Waals surface area contributed by atoms with Crippen LogP contribution in [0, 0.1) is 11.7 Å². The summed E-state index contributed by atoms with van der Waals surface area (Å²) in [5.74, 6) is -0.442. The fourth-order valence-electron chi connectivity index (χ4n) is 1.79. The molecule has 2 aromatic rings. The van der Waals surface area contributed by atoms with Crippen LogP contribution < -0.4 is 5.32 Å². The van der Waals surface area contributed by atoms with Crippen molar-refractivity contribution in [2.45, 2.75) is 26.8 Å². The van der Waals surface area contributed by atoms with Gasteiger partial charge >= 0.3 is 0 Å². The Kier molecular flexibility index (Phi) is 4.96. The molecule has 0 aliphatic carbocycles. The van der Waals surface area contributed by atoms with E-state index in [9.17, 15) is 9.18 Å². The first-order chi connectivity index (χ1) is 9.99.